The molecule has 7 heteroatoms. The van der Waals surface area contributed by atoms with Crippen LogP contribution in [-0.4, -0.2) is 47.9 Å². The molecule has 0 aromatic heterocycles. The van der Waals surface area contributed by atoms with Gasteiger partial charge < -0.3 is 20.9 Å². The number of amides is 4. The van der Waals surface area contributed by atoms with Crippen LogP contribution in [0.3, 0.4) is 0 Å². The van der Waals surface area contributed by atoms with Gasteiger partial charge in [-0.3, -0.25) is 9.59 Å². The molecule has 1 saturated heterocycles. The maximum absolute atomic E-state index is 12.8. The van der Waals surface area contributed by atoms with Gasteiger partial charge in [-0.1, -0.05) is 48.0 Å². The van der Waals surface area contributed by atoms with Crippen LogP contribution in [-0.2, 0) is 16.0 Å². The van der Waals surface area contributed by atoms with Crippen molar-refractivity contribution < 1.29 is 14.4 Å². The van der Waals surface area contributed by atoms with Gasteiger partial charge in [0.2, 0.25) is 11.8 Å². The molecule has 0 aliphatic carbocycles. The molecule has 0 saturated carbocycles. The van der Waals surface area contributed by atoms with Crippen LogP contribution in [0.2, 0.25) is 0 Å². The van der Waals surface area contributed by atoms with Crippen LogP contribution in [0.4, 0.5) is 10.5 Å². The van der Waals surface area contributed by atoms with Crippen LogP contribution in [0.15, 0.2) is 54.6 Å². The van der Waals surface area contributed by atoms with Crippen molar-refractivity contribution in [2.24, 2.45) is 0 Å². The highest BCUT2D eigenvalue weighted by Crippen LogP contribution is 2.15. The number of aryl methyl sites for hydroxylation is 1. The molecular formula is C24H30N4O3. The Labute approximate surface area is 183 Å². The summed E-state index contributed by atoms with van der Waals surface area (Å²) in [6.45, 7) is 4.54. The smallest absolute Gasteiger partial charge is 0.321 e. The molecule has 4 amide bonds. The van der Waals surface area contributed by atoms with Gasteiger partial charge in [0.25, 0.3) is 0 Å². The zero-order valence-corrected chi connectivity index (χ0v) is 18.1. The highest BCUT2D eigenvalue weighted by atomic mass is 16.2. The van der Waals surface area contributed by atoms with Crippen molar-refractivity contribution in [1.29, 1.82) is 0 Å². The van der Waals surface area contributed by atoms with E-state index in [1.165, 1.54) is 6.92 Å². The van der Waals surface area contributed by atoms with Crippen molar-refractivity contribution in [2.75, 3.05) is 18.4 Å². The van der Waals surface area contributed by atoms with E-state index in [4.69, 9.17) is 0 Å². The number of rotatable bonds is 6. The molecule has 7 nitrogen and oxygen atoms in total. The topological polar surface area (TPSA) is 90.5 Å². The maximum Gasteiger partial charge on any atom is 0.321 e. The number of urea groups is 1. The Bertz CT molecular complexity index is 891. The van der Waals surface area contributed by atoms with Crippen molar-refractivity contribution in [1.82, 2.24) is 15.5 Å². The molecule has 1 aliphatic rings. The first-order valence-electron chi connectivity index (χ1n) is 10.6. The minimum atomic E-state index is -0.622. The minimum absolute atomic E-state index is 0.0250. The molecule has 1 unspecified atom stereocenters. The number of hydrogen-bond acceptors (Lipinski definition) is 3. The zero-order valence-electron chi connectivity index (χ0n) is 18.1. The van der Waals surface area contributed by atoms with E-state index in [1.54, 1.807) is 4.90 Å². The number of piperidine rings is 1. The fraction of sp³-hybridized carbons (Fsp3) is 0.375. The zero-order chi connectivity index (χ0) is 22.2. The molecule has 1 heterocycles. The van der Waals surface area contributed by atoms with E-state index in [1.807, 2.05) is 61.5 Å². The summed E-state index contributed by atoms with van der Waals surface area (Å²) in [7, 11) is 0. The number of carbonyl (C=O) groups is 3. The van der Waals surface area contributed by atoms with Gasteiger partial charge in [-0.05, 0) is 37.5 Å². The Hall–Kier alpha value is -3.35. The summed E-state index contributed by atoms with van der Waals surface area (Å²) in [4.78, 5) is 38.7. The summed E-state index contributed by atoms with van der Waals surface area (Å²) in [5.41, 5.74) is 2.89. The molecule has 0 spiro atoms. The van der Waals surface area contributed by atoms with Crippen LogP contribution in [0.5, 0.6) is 0 Å². The minimum Gasteiger partial charge on any atom is -0.351 e. The maximum atomic E-state index is 12.8. The summed E-state index contributed by atoms with van der Waals surface area (Å²) >= 11 is 0. The normalized spacial score (nSPS) is 15.1. The number of benzene rings is 2. The summed E-state index contributed by atoms with van der Waals surface area (Å²) in [5, 5.41) is 8.71. The third-order valence-corrected chi connectivity index (χ3v) is 5.41. The van der Waals surface area contributed by atoms with Crippen LogP contribution < -0.4 is 16.0 Å². The number of nitrogens with zero attached hydrogens (tertiary/aromatic N) is 1. The Morgan fingerprint density at radius 1 is 1.00 bits per heavy atom. The number of carbonyl (C=O) groups excluding carboxylic acids is 3. The lowest BCUT2D eigenvalue weighted by Gasteiger charge is -2.33. The molecule has 1 aliphatic heterocycles. The van der Waals surface area contributed by atoms with Crippen molar-refractivity contribution >= 4 is 23.5 Å². The average Bonchev–Trinajstić information content (AvgIpc) is 2.76. The third-order valence-electron chi connectivity index (χ3n) is 5.41. The highest BCUT2D eigenvalue weighted by Gasteiger charge is 2.27. The molecule has 3 N–H and O–H groups in total. The lowest BCUT2D eigenvalue weighted by molar-refractivity contribution is -0.128. The summed E-state index contributed by atoms with van der Waals surface area (Å²) in [6, 6.07) is 16.5. The molecular weight excluding hydrogens is 392 g/mol. The van der Waals surface area contributed by atoms with Crippen molar-refractivity contribution in [3.8, 4) is 0 Å². The Kier molecular flexibility index (Phi) is 7.65. The second-order valence-electron chi connectivity index (χ2n) is 8.01. The lowest BCUT2D eigenvalue weighted by atomic mass is 10.0. The molecule has 0 bridgehead atoms. The summed E-state index contributed by atoms with van der Waals surface area (Å²) in [6.07, 6.45) is 1.78. The Morgan fingerprint density at radius 2 is 1.65 bits per heavy atom. The predicted molar refractivity (Wildman–Crippen MR) is 121 cm³/mol. The van der Waals surface area contributed by atoms with Crippen molar-refractivity contribution in [2.45, 2.75) is 45.2 Å². The standard InChI is InChI=1S/C24H30N4O3/c1-17-8-10-20(11-9-17)27-24(31)28-14-12-21(13-15-28)26-23(30)22(25-18(2)29)16-19-6-4-3-5-7-19/h3-11,21-22H,12-16H2,1-2H3,(H,25,29)(H,26,30)(H,27,31). The Balaban J connectivity index is 1.50. The fourth-order valence-corrected chi connectivity index (χ4v) is 3.67. The largest absolute Gasteiger partial charge is 0.351 e. The second kappa shape index (κ2) is 10.6. The quantitative estimate of drug-likeness (QED) is 0.669. The van der Waals surface area contributed by atoms with Gasteiger partial charge >= 0.3 is 6.03 Å². The van der Waals surface area contributed by atoms with Gasteiger partial charge in [0.05, 0.1) is 0 Å². The van der Waals surface area contributed by atoms with Gasteiger partial charge in [-0.25, -0.2) is 4.79 Å². The van der Waals surface area contributed by atoms with Crippen molar-refractivity contribution in [3.05, 3.63) is 65.7 Å². The fourth-order valence-electron chi connectivity index (χ4n) is 3.67. The lowest BCUT2D eigenvalue weighted by Crippen LogP contribution is -2.53. The number of hydrogen-bond donors (Lipinski definition) is 3. The molecule has 0 radical (unpaired) electrons. The van der Waals surface area contributed by atoms with Gasteiger partial charge in [-0.15, -0.1) is 0 Å². The molecule has 1 fully saturated rings. The van der Waals surface area contributed by atoms with Gasteiger partial charge in [0.15, 0.2) is 0 Å². The van der Waals surface area contributed by atoms with E-state index < -0.39 is 6.04 Å². The van der Waals surface area contributed by atoms with Crippen LogP contribution in [0.25, 0.3) is 0 Å². The summed E-state index contributed by atoms with van der Waals surface area (Å²) in [5.74, 6) is -0.430. The number of nitrogens with one attached hydrogen (secondary N) is 3. The first-order chi connectivity index (χ1) is 14.9. The number of anilines is 1. The van der Waals surface area contributed by atoms with E-state index in [9.17, 15) is 14.4 Å². The third kappa shape index (κ3) is 6.84. The van der Waals surface area contributed by atoms with Gasteiger partial charge in [0.1, 0.15) is 6.04 Å². The predicted octanol–water partition coefficient (Wildman–Crippen LogP) is 2.85. The van der Waals surface area contributed by atoms with Crippen molar-refractivity contribution in [3.63, 3.8) is 0 Å². The molecule has 1 atom stereocenters. The molecule has 31 heavy (non-hydrogen) atoms. The van der Waals surface area contributed by atoms with Crippen LogP contribution >= 0.6 is 0 Å². The van der Waals surface area contributed by atoms with E-state index in [0.29, 0.717) is 32.4 Å². The molecule has 2 aromatic carbocycles. The molecule has 164 valence electrons. The summed E-state index contributed by atoms with van der Waals surface area (Å²) < 4.78 is 0. The van der Waals surface area contributed by atoms with E-state index in [-0.39, 0.29) is 23.9 Å². The first kappa shape index (κ1) is 22.3. The first-order valence-corrected chi connectivity index (χ1v) is 10.6. The average molecular weight is 423 g/mol. The van der Waals surface area contributed by atoms with E-state index in [0.717, 1.165) is 16.8 Å². The number of likely N-dealkylation sites (tertiary alicyclic amines) is 1. The Morgan fingerprint density at radius 3 is 2.26 bits per heavy atom. The van der Waals surface area contributed by atoms with Crippen LogP contribution in [0, 0.1) is 6.92 Å². The monoisotopic (exact) mass is 422 g/mol. The molecule has 3 rings (SSSR count). The van der Waals surface area contributed by atoms with E-state index in [2.05, 4.69) is 16.0 Å². The van der Waals surface area contributed by atoms with Crippen LogP contribution in [0.1, 0.15) is 30.9 Å². The van der Waals surface area contributed by atoms with Gasteiger partial charge in [-0.2, -0.15) is 0 Å². The van der Waals surface area contributed by atoms with E-state index >= 15 is 0 Å². The second-order valence-corrected chi connectivity index (χ2v) is 8.01. The highest BCUT2D eigenvalue weighted by molar-refractivity contribution is 5.89. The van der Waals surface area contributed by atoms with Gasteiger partial charge in [0, 0.05) is 38.2 Å². The molecule has 2 aromatic rings. The SMILES string of the molecule is CC(=O)NC(Cc1ccccc1)C(=O)NC1CCN(C(=O)Nc2ccc(C)cc2)CC1.